The van der Waals surface area contributed by atoms with Crippen LogP contribution in [0.25, 0.3) is 0 Å². The topological polar surface area (TPSA) is 0 Å². The Hall–Kier alpha value is -0.440. The predicted molar refractivity (Wildman–Crippen MR) is 40.4 cm³/mol. The van der Waals surface area contributed by atoms with Crippen molar-refractivity contribution in [3.05, 3.63) is 6.42 Å². The average Bonchev–Trinajstić information content (AvgIpc) is 1.85. The van der Waals surface area contributed by atoms with Crippen LogP contribution in [0, 0.1) is 18.3 Å². The molecule has 0 amide bonds. The molecule has 9 heavy (non-hydrogen) atoms. The fourth-order valence-electron chi connectivity index (χ4n) is 0.956. The predicted octanol–water partition coefficient (Wildman–Crippen LogP) is 2.79. The summed E-state index contributed by atoms with van der Waals surface area (Å²) in [5.41, 5.74) is 0. The average molecular weight is 123 g/mol. The summed E-state index contributed by atoms with van der Waals surface area (Å²) < 4.78 is 0. The molecule has 1 unspecified atom stereocenters. The molecule has 0 aliphatic rings. The van der Waals surface area contributed by atoms with Gasteiger partial charge >= 0.3 is 0 Å². The molecule has 0 heterocycles. The van der Waals surface area contributed by atoms with Crippen molar-refractivity contribution < 1.29 is 0 Å². The summed E-state index contributed by atoms with van der Waals surface area (Å²) in [5.74, 6) is 3.19. The van der Waals surface area contributed by atoms with Gasteiger partial charge in [-0.05, 0) is 18.8 Å². The third-order valence-electron chi connectivity index (χ3n) is 1.54. The molecule has 0 aliphatic carbocycles. The maximum absolute atomic E-state index is 6.68. The highest BCUT2D eigenvalue weighted by Gasteiger charge is 1.96. The van der Waals surface area contributed by atoms with Crippen molar-refractivity contribution in [2.45, 2.75) is 39.5 Å². The van der Waals surface area contributed by atoms with Crippen LogP contribution in [0.4, 0.5) is 0 Å². The van der Waals surface area contributed by atoms with Crippen LogP contribution in [0.15, 0.2) is 0 Å². The highest BCUT2D eigenvalue weighted by atomic mass is 14.0. The quantitative estimate of drug-likeness (QED) is 0.504. The standard InChI is InChI=1S/C9H15/c1-4-6-8-9(3)7-5-2/h9H,5-8H2,2-3H3. The van der Waals surface area contributed by atoms with Gasteiger partial charge in [-0.25, -0.2) is 0 Å². The highest BCUT2D eigenvalue weighted by molar-refractivity contribution is 4.75. The molecule has 0 aromatic heterocycles. The van der Waals surface area contributed by atoms with Crippen LogP contribution in [0.2, 0.25) is 0 Å². The van der Waals surface area contributed by atoms with Gasteiger partial charge in [-0.15, -0.1) is 0 Å². The maximum atomic E-state index is 6.68. The Morgan fingerprint density at radius 1 is 1.44 bits per heavy atom. The largest absolute Gasteiger partial charge is 0.0891 e. The van der Waals surface area contributed by atoms with Crippen molar-refractivity contribution in [2.24, 2.45) is 5.92 Å². The molecule has 0 spiro atoms. The van der Waals surface area contributed by atoms with Crippen LogP contribution >= 0.6 is 0 Å². The van der Waals surface area contributed by atoms with Gasteiger partial charge in [0.15, 0.2) is 0 Å². The van der Waals surface area contributed by atoms with Gasteiger partial charge in [0, 0.05) is 6.42 Å². The molecule has 0 N–H and O–H groups in total. The fourth-order valence-corrected chi connectivity index (χ4v) is 0.956. The molecule has 0 rings (SSSR count). The van der Waals surface area contributed by atoms with Crippen molar-refractivity contribution in [1.82, 2.24) is 0 Å². The van der Waals surface area contributed by atoms with E-state index in [-0.39, 0.29) is 0 Å². The molecule has 0 fully saturated rings. The fraction of sp³-hybridized carbons (Fsp3) is 0.778. The Morgan fingerprint density at radius 2 is 2.11 bits per heavy atom. The van der Waals surface area contributed by atoms with E-state index in [4.69, 9.17) is 6.42 Å². The summed E-state index contributed by atoms with van der Waals surface area (Å²) >= 11 is 0. The third-order valence-corrected chi connectivity index (χ3v) is 1.54. The Morgan fingerprint density at radius 3 is 2.56 bits per heavy atom. The smallest absolute Gasteiger partial charge is 0.0101 e. The number of hydrogen-bond donors (Lipinski definition) is 0. The van der Waals surface area contributed by atoms with Crippen LogP contribution in [-0.4, -0.2) is 0 Å². The number of hydrogen-bond acceptors (Lipinski definition) is 0. The van der Waals surface area contributed by atoms with E-state index in [9.17, 15) is 0 Å². The van der Waals surface area contributed by atoms with Gasteiger partial charge in [0.05, 0.1) is 0 Å². The third kappa shape index (κ3) is 5.43. The molecular formula is C9H15. The van der Waals surface area contributed by atoms with Gasteiger partial charge in [0.25, 0.3) is 0 Å². The van der Waals surface area contributed by atoms with Crippen molar-refractivity contribution >= 4 is 0 Å². The summed E-state index contributed by atoms with van der Waals surface area (Å²) in [5, 5.41) is 0. The first-order chi connectivity index (χ1) is 4.31. The van der Waals surface area contributed by atoms with Crippen LogP contribution in [0.5, 0.6) is 0 Å². The second-order valence-electron chi connectivity index (χ2n) is 2.61. The van der Waals surface area contributed by atoms with Crippen molar-refractivity contribution in [2.75, 3.05) is 0 Å². The minimum absolute atomic E-state index is 0.785. The van der Waals surface area contributed by atoms with Crippen LogP contribution in [-0.2, 0) is 0 Å². The second kappa shape index (κ2) is 5.69. The molecule has 0 aromatic carbocycles. The van der Waals surface area contributed by atoms with E-state index in [1.165, 1.54) is 12.8 Å². The second-order valence-corrected chi connectivity index (χ2v) is 2.61. The molecule has 0 saturated carbocycles. The Balaban J connectivity index is 3.07. The zero-order chi connectivity index (χ0) is 7.11. The van der Waals surface area contributed by atoms with Crippen molar-refractivity contribution in [3.63, 3.8) is 0 Å². The summed E-state index contributed by atoms with van der Waals surface area (Å²) in [4.78, 5) is 0. The molecule has 1 atom stereocenters. The molecule has 0 saturated heterocycles. The summed E-state index contributed by atoms with van der Waals surface area (Å²) in [6.45, 7) is 4.44. The van der Waals surface area contributed by atoms with Gasteiger partial charge in [0.1, 0.15) is 0 Å². The summed E-state index contributed by atoms with van der Waals surface area (Å²) in [6, 6.07) is 0. The van der Waals surface area contributed by atoms with E-state index in [2.05, 4.69) is 19.8 Å². The lowest BCUT2D eigenvalue weighted by Crippen LogP contribution is -1.91. The van der Waals surface area contributed by atoms with Crippen LogP contribution in [0.1, 0.15) is 39.5 Å². The van der Waals surface area contributed by atoms with Gasteiger partial charge in [-0.3, -0.25) is 0 Å². The lowest BCUT2D eigenvalue weighted by Gasteiger charge is -2.05. The normalized spacial score (nSPS) is 12.6. The van der Waals surface area contributed by atoms with Gasteiger partial charge in [0.2, 0.25) is 0 Å². The summed E-state index contributed by atoms with van der Waals surface area (Å²) in [7, 11) is 0. The first kappa shape index (κ1) is 8.56. The van der Waals surface area contributed by atoms with Gasteiger partial charge < -0.3 is 0 Å². The lowest BCUT2D eigenvalue weighted by molar-refractivity contribution is 0.494. The van der Waals surface area contributed by atoms with Crippen LogP contribution < -0.4 is 0 Å². The monoisotopic (exact) mass is 123 g/mol. The Bertz CT molecular complexity index is 86.7. The van der Waals surface area contributed by atoms with Crippen molar-refractivity contribution in [1.29, 1.82) is 0 Å². The minimum Gasteiger partial charge on any atom is -0.0891 e. The van der Waals surface area contributed by atoms with Crippen LogP contribution in [0.3, 0.4) is 0 Å². The molecule has 1 radical (unpaired) electrons. The maximum Gasteiger partial charge on any atom is 0.0101 e. The molecule has 0 aromatic rings. The molecule has 0 aliphatic heterocycles. The van der Waals surface area contributed by atoms with E-state index in [0.29, 0.717) is 0 Å². The van der Waals surface area contributed by atoms with E-state index in [1.54, 1.807) is 0 Å². The highest BCUT2D eigenvalue weighted by Crippen LogP contribution is 2.10. The first-order valence-electron chi connectivity index (χ1n) is 3.70. The summed E-state index contributed by atoms with van der Waals surface area (Å²) in [6.07, 6.45) is 11.2. The Labute approximate surface area is 58.7 Å². The molecule has 0 bridgehead atoms. The molecule has 51 valence electrons. The van der Waals surface area contributed by atoms with Crippen molar-refractivity contribution in [3.8, 4) is 5.92 Å². The zero-order valence-electron chi connectivity index (χ0n) is 6.41. The SMILES string of the molecule is [C]#CCCC(C)CCC. The first-order valence-corrected chi connectivity index (χ1v) is 3.70. The lowest BCUT2D eigenvalue weighted by atomic mass is 10.0. The van der Waals surface area contributed by atoms with E-state index < -0.39 is 0 Å². The van der Waals surface area contributed by atoms with Gasteiger partial charge in [-0.2, -0.15) is 0 Å². The number of rotatable bonds is 4. The van der Waals surface area contributed by atoms with E-state index >= 15 is 0 Å². The molecule has 0 heteroatoms. The van der Waals surface area contributed by atoms with E-state index in [1.807, 2.05) is 0 Å². The zero-order valence-corrected chi connectivity index (χ0v) is 6.41. The van der Waals surface area contributed by atoms with E-state index in [0.717, 1.165) is 18.8 Å². The minimum atomic E-state index is 0.785. The molecular weight excluding hydrogens is 108 g/mol. The van der Waals surface area contributed by atoms with Gasteiger partial charge in [-0.1, -0.05) is 32.6 Å². The Kier molecular flexibility index (Phi) is 5.41. The molecule has 0 nitrogen and oxygen atoms in total.